The largest absolute Gasteiger partial charge is 0.497 e. The van der Waals surface area contributed by atoms with Crippen molar-refractivity contribution in [2.24, 2.45) is 0 Å². The van der Waals surface area contributed by atoms with Crippen LogP contribution in [-0.2, 0) is 16.1 Å². The summed E-state index contributed by atoms with van der Waals surface area (Å²) in [6, 6.07) is 14.5. The zero-order valence-electron chi connectivity index (χ0n) is 17.0. The van der Waals surface area contributed by atoms with Crippen LogP contribution in [0.4, 0.5) is 5.69 Å². The summed E-state index contributed by atoms with van der Waals surface area (Å²) in [6.07, 6.45) is 1.04. The Morgan fingerprint density at radius 3 is 2.50 bits per heavy atom. The van der Waals surface area contributed by atoms with Crippen LogP contribution in [0.25, 0.3) is 10.9 Å². The van der Waals surface area contributed by atoms with Crippen molar-refractivity contribution in [3.63, 3.8) is 0 Å². The van der Waals surface area contributed by atoms with Crippen LogP contribution in [0, 0.1) is 0 Å². The number of rotatable bonds is 6. The number of carbonyl (C=O) groups is 1. The molecule has 0 aliphatic carbocycles. The molecule has 4 rings (SSSR count). The molecule has 1 aromatic heterocycles. The van der Waals surface area contributed by atoms with Gasteiger partial charge in [0, 0.05) is 23.9 Å². The van der Waals surface area contributed by atoms with Crippen LogP contribution in [0.3, 0.4) is 0 Å². The first-order chi connectivity index (χ1) is 14.6. The summed E-state index contributed by atoms with van der Waals surface area (Å²) in [5, 5.41) is 0.865. The van der Waals surface area contributed by atoms with Gasteiger partial charge >= 0.3 is 0 Å². The lowest BCUT2D eigenvalue weighted by molar-refractivity contribution is -0.127. The summed E-state index contributed by atoms with van der Waals surface area (Å²) in [6.45, 7) is 0.716. The minimum absolute atomic E-state index is 0.141. The topological polar surface area (TPSA) is 80.9 Å². The van der Waals surface area contributed by atoms with Crippen molar-refractivity contribution in [1.82, 2.24) is 4.98 Å². The maximum absolute atomic E-state index is 13.2. The van der Waals surface area contributed by atoms with Gasteiger partial charge in [0.1, 0.15) is 17.6 Å². The number of nitrogens with one attached hydrogen (secondary N) is 1. The third kappa shape index (κ3) is 4.02. The zero-order valence-corrected chi connectivity index (χ0v) is 17.0. The molecule has 30 heavy (non-hydrogen) atoms. The van der Waals surface area contributed by atoms with Crippen LogP contribution < -0.4 is 19.9 Å². The molecule has 1 saturated heterocycles. The highest BCUT2D eigenvalue weighted by atomic mass is 16.5. The number of nitrogens with zero attached hydrogens (tertiary/aromatic N) is 1. The van der Waals surface area contributed by atoms with Crippen molar-refractivity contribution in [3.05, 3.63) is 64.4 Å². The highest BCUT2D eigenvalue weighted by Gasteiger charge is 2.29. The number of hydrogen-bond acceptors (Lipinski definition) is 5. The molecule has 1 aliphatic rings. The smallest absolute Gasteiger partial charge is 0.256 e. The number of amides is 1. The first-order valence-corrected chi connectivity index (χ1v) is 9.86. The van der Waals surface area contributed by atoms with E-state index in [0.717, 1.165) is 11.8 Å². The molecule has 3 aromatic rings. The minimum atomic E-state index is -0.490. The number of carbonyl (C=O) groups excluding carboxylic acids is 1. The third-order valence-corrected chi connectivity index (χ3v) is 5.31. The Labute approximate surface area is 174 Å². The van der Waals surface area contributed by atoms with Gasteiger partial charge in [0.2, 0.25) is 0 Å². The fourth-order valence-corrected chi connectivity index (χ4v) is 3.64. The minimum Gasteiger partial charge on any atom is -0.497 e. The molecule has 1 aliphatic heterocycles. The van der Waals surface area contributed by atoms with Crippen LogP contribution in [-0.4, -0.2) is 37.8 Å². The molecule has 1 amide bonds. The van der Waals surface area contributed by atoms with E-state index in [0.29, 0.717) is 41.3 Å². The van der Waals surface area contributed by atoms with Crippen molar-refractivity contribution in [2.75, 3.05) is 25.7 Å². The second kappa shape index (κ2) is 8.59. The van der Waals surface area contributed by atoms with Gasteiger partial charge in [-0.15, -0.1) is 0 Å². The molecule has 2 heterocycles. The first-order valence-electron chi connectivity index (χ1n) is 9.86. The van der Waals surface area contributed by atoms with Crippen molar-refractivity contribution in [1.29, 1.82) is 0 Å². The van der Waals surface area contributed by atoms with E-state index in [1.807, 2.05) is 30.3 Å². The lowest BCUT2D eigenvalue weighted by Crippen LogP contribution is -2.39. The second-order valence-corrected chi connectivity index (χ2v) is 7.20. The monoisotopic (exact) mass is 408 g/mol. The normalized spacial score (nSPS) is 15.9. The Hall–Kier alpha value is -3.32. The van der Waals surface area contributed by atoms with Gasteiger partial charge < -0.3 is 24.1 Å². The number of ether oxygens (including phenoxy) is 3. The Kier molecular flexibility index (Phi) is 5.72. The first kappa shape index (κ1) is 20.0. The number of aromatic amines is 1. The maximum atomic E-state index is 13.2. The van der Waals surface area contributed by atoms with E-state index in [1.54, 1.807) is 37.3 Å². The van der Waals surface area contributed by atoms with Crippen molar-refractivity contribution >= 4 is 22.5 Å². The molecule has 0 spiro atoms. The molecule has 1 atom stereocenters. The van der Waals surface area contributed by atoms with E-state index in [1.165, 1.54) is 0 Å². The number of anilines is 1. The summed E-state index contributed by atoms with van der Waals surface area (Å²) in [5.41, 5.74) is 1.62. The van der Waals surface area contributed by atoms with E-state index < -0.39 is 6.10 Å². The molecule has 7 heteroatoms. The van der Waals surface area contributed by atoms with Gasteiger partial charge in [-0.25, -0.2) is 0 Å². The highest BCUT2D eigenvalue weighted by molar-refractivity contribution is 5.96. The van der Waals surface area contributed by atoms with Crippen LogP contribution in [0.15, 0.2) is 53.3 Å². The molecule has 0 radical (unpaired) electrons. The fourth-order valence-electron chi connectivity index (χ4n) is 3.64. The van der Waals surface area contributed by atoms with Crippen LogP contribution in [0.2, 0.25) is 0 Å². The Morgan fingerprint density at radius 2 is 1.83 bits per heavy atom. The predicted molar refractivity (Wildman–Crippen MR) is 114 cm³/mol. The molecule has 7 nitrogen and oxygen atoms in total. The third-order valence-electron chi connectivity index (χ3n) is 5.31. The number of methoxy groups -OCH3 is 2. The van der Waals surface area contributed by atoms with E-state index in [4.69, 9.17) is 14.2 Å². The summed E-state index contributed by atoms with van der Waals surface area (Å²) in [5.74, 6) is 1.21. The zero-order chi connectivity index (χ0) is 21.1. The fraction of sp³-hybridized carbons (Fsp3) is 0.304. The Balaban J connectivity index is 1.70. The molecule has 2 aromatic carbocycles. The van der Waals surface area contributed by atoms with Crippen molar-refractivity contribution in [2.45, 2.75) is 25.5 Å². The van der Waals surface area contributed by atoms with Gasteiger partial charge in [-0.2, -0.15) is 0 Å². The molecule has 0 bridgehead atoms. The summed E-state index contributed by atoms with van der Waals surface area (Å²) in [4.78, 5) is 30.5. The van der Waals surface area contributed by atoms with Crippen molar-refractivity contribution in [3.8, 4) is 11.5 Å². The second-order valence-electron chi connectivity index (χ2n) is 7.20. The molecular formula is C23H24N2O5. The van der Waals surface area contributed by atoms with Gasteiger partial charge in [-0.05, 0) is 60.7 Å². The van der Waals surface area contributed by atoms with Crippen LogP contribution >= 0.6 is 0 Å². The maximum Gasteiger partial charge on any atom is 0.256 e. The summed E-state index contributed by atoms with van der Waals surface area (Å²) >= 11 is 0. The van der Waals surface area contributed by atoms with E-state index in [9.17, 15) is 9.59 Å². The van der Waals surface area contributed by atoms with Gasteiger partial charge in [0.25, 0.3) is 11.5 Å². The quantitative estimate of drug-likeness (QED) is 0.677. The summed E-state index contributed by atoms with van der Waals surface area (Å²) in [7, 11) is 3.17. The number of H-pyrrole nitrogens is 1. The Bertz CT molecular complexity index is 1100. The van der Waals surface area contributed by atoms with Gasteiger partial charge in [-0.3, -0.25) is 9.59 Å². The average molecular weight is 408 g/mol. The van der Waals surface area contributed by atoms with Crippen LogP contribution in [0.1, 0.15) is 18.4 Å². The molecular weight excluding hydrogens is 384 g/mol. The molecule has 1 unspecified atom stereocenters. The lowest BCUT2D eigenvalue weighted by atomic mass is 10.1. The van der Waals surface area contributed by atoms with Crippen molar-refractivity contribution < 1.29 is 19.0 Å². The number of pyridine rings is 1. The Morgan fingerprint density at radius 1 is 1.10 bits per heavy atom. The lowest BCUT2D eigenvalue weighted by Gasteiger charge is -2.25. The molecule has 0 saturated carbocycles. The number of benzene rings is 2. The van der Waals surface area contributed by atoms with Crippen LogP contribution in [0.5, 0.6) is 11.5 Å². The SMILES string of the molecule is COc1ccc(N(Cc2cc3ccc(OC)cc3[nH]c2=O)C(=O)C2CCCO2)cc1. The summed E-state index contributed by atoms with van der Waals surface area (Å²) < 4.78 is 16.1. The number of aromatic nitrogens is 1. The number of hydrogen-bond donors (Lipinski definition) is 1. The van der Waals surface area contributed by atoms with Gasteiger partial charge in [0.05, 0.1) is 26.3 Å². The van der Waals surface area contributed by atoms with E-state index >= 15 is 0 Å². The average Bonchev–Trinajstić information content (AvgIpc) is 3.32. The van der Waals surface area contributed by atoms with Gasteiger partial charge in [-0.1, -0.05) is 0 Å². The molecule has 1 fully saturated rings. The predicted octanol–water partition coefficient (Wildman–Crippen LogP) is 3.26. The van der Waals surface area contributed by atoms with Gasteiger partial charge in [0.15, 0.2) is 0 Å². The highest BCUT2D eigenvalue weighted by Crippen LogP contribution is 2.25. The molecule has 1 N–H and O–H groups in total. The van der Waals surface area contributed by atoms with E-state index in [-0.39, 0.29) is 18.0 Å². The number of fused-ring (bicyclic) bond motifs is 1. The molecule has 156 valence electrons. The standard InChI is InChI=1S/C23H24N2O5/c1-28-18-9-6-17(7-10-18)25(23(27)21-4-3-11-30-21)14-16-12-15-5-8-19(29-2)13-20(15)24-22(16)26/h5-10,12-13,21H,3-4,11,14H2,1-2H3,(H,24,26). The van der Waals surface area contributed by atoms with E-state index in [2.05, 4.69) is 4.98 Å².